The maximum Gasteiger partial charge on any atom is 0.336 e. The molecule has 0 bridgehead atoms. The standard InChI is InChI=1S/C14H23NO2S/c1-10(2)5-4-6-11(3)15-8-13-7-12(9-18-13)14(16)17/h7,9-11,15H,4-6,8H2,1-3H3,(H,16,17). The van der Waals surface area contributed by atoms with Gasteiger partial charge in [-0.3, -0.25) is 0 Å². The third kappa shape index (κ3) is 5.65. The fourth-order valence-electron chi connectivity index (χ4n) is 1.79. The van der Waals surface area contributed by atoms with Gasteiger partial charge in [0.15, 0.2) is 0 Å². The van der Waals surface area contributed by atoms with Crippen molar-refractivity contribution in [1.29, 1.82) is 0 Å². The Hall–Kier alpha value is -0.870. The molecule has 18 heavy (non-hydrogen) atoms. The van der Waals surface area contributed by atoms with E-state index in [2.05, 4.69) is 26.1 Å². The van der Waals surface area contributed by atoms with Gasteiger partial charge in [-0.2, -0.15) is 0 Å². The Morgan fingerprint density at radius 3 is 2.67 bits per heavy atom. The first kappa shape index (κ1) is 15.2. The van der Waals surface area contributed by atoms with E-state index in [4.69, 9.17) is 5.11 Å². The summed E-state index contributed by atoms with van der Waals surface area (Å²) >= 11 is 1.51. The lowest BCUT2D eigenvalue weighted by Gasteiger charge is -2.13. The van der Waals surface area contributed by atoms with Crippen LogP contribution in [0.2, 0.25) is 0 Å². The molecule has 0 aliphatic heterocycles. The van der Waals surface area contributed by atoms with Crippen LogP contribution in [0.15, 0.2) is 11.4 Å². The SMILES string of the molecule is CC(C)CCCC(C)NCc1cc(C(=O)O)cs1. The third-order valence-corrected chi connectivity index (χ3v) is 3.88. The van der Waals surface area contributed by atoms with Gasteiger partial charge in [0.1, 0.15) is 0 Å². The van der Waals surface area contributed by atoms with E-state index in [1.54, 1.807) is 11.4 Å². The first-order valence-corrected chi connectivity index (χ1v) is 7.41. The molecule has 0 saturated heterocycles. The Balaban J connectivity index is 2.24. The predicted molar refractivity (Wildman–Crippen MR) is 76.3 cm³/mol. The van der Waals surface area contributed by atoms with Crippen LogP contribution in [0.4, 0.5) is 0 Å². The van der Waals surface area contributed by atoms with Crippen LogP contribution in [0.3, 0.4) is 0 Å². The number of hydrogen-bond acceptors (Lipinski definition) is 3. The monoisotopic (exact) mass is 269 g/mol. The summed E-state index contributed by atoms with van der Waals surface area (Å²) in [4.78, 5) is 11.8. The second kappa shape index (κ2) is 7.54. The van der Waals surface area contributed by atoms with Gasteiger partial charge in [0.05, 0.1) is 5.56 Å². The zero-order valence-corrected chi connectivity index (χ0v) is 12.2. The molecule has 102 valence electrons. The van der Waals surface area contributed by atoms with Crippen molar-refractivity contribution in [3.05, 3.63) is 21.9 Å². The molecule has 1 rings (SSSR count). The largest absolute Gasteiger partial charge is 0.478 e. The van der Waals surface area contributed by atoms with Crippen molar-refractivity contribution in [2.45, 2.75) is 52.6 Å². The van der Waals surface area contributed by atoms with E-state index in [9.17, 15) is 4.79 Å². The smallest absolute Gasteiger partial charge is 0.336 e. The zero-order valence-electron chi connectivity index (χ0n) is 11.4. The molecule has 0 amide bonds. The molecule has 3 nitrogen and oxygen atoms in total. The number of carbonyl (C=O) groups is 1. The fourth-order valence-corrected chi connectivity index (χ4v) is 2.60. The first-order chi connectivity index (χ1) is 8.49. The zero-order chi connectivity index (χ0) is 13.5. The summed E-state index contributed by atoms with van der Waals surface area (Å²) in [5.74, 6) is -0.0740. The molecule has 0 aromatic carbocycles. The van der Waals surface area contributed by atoms with Crippen LogP contribution in [0, 0.1) is 5.92 Å². The average molecular weight is 269 g/mol. The van der Waals surface area contributed by atoms with Crippen LogP contribution in [0.1, 0.15) is 55.3 Å². The van der Waals surface area contributed by atoms with Crippen molar-refractivity contribution in [1.82, 2.24) is 5.32 Å². The number of thiophene rings is 1. The molecular formula is C14H23NO2S. The molecule has 1 unspecified atom stereocenters. The highest BCUT2D eigenvalue weighted by Gasteiger charge is 2.07. The van der Waals surface area contributed by atoms with Crippen LogP contribution in [0.5, 0.6) is 0 Å². The summed E-state index contributed by atoms with van der Waals surface area (Å²) < 4.78 is 0. The van der Waals surface area contributed by atoms with Gasteiger partial charge in [-0.15, -0.1) is 11.3 Å². The number of nitrogens with one attached hydrogen (secondary N) is 1. The van der Waals surface area contributed by atoms with Crippen LogP contribution < -0.4 is 5.32 Å². The second-order valence-electron chi connectivity index (χ2n) is 5.21. The Morgan fingerprint density at radius 2 is 2.11 bits per heavy atom. The van der Waals surface area contributed by atoms with Gasteiger partial charge < -0.3 is 10.4 Å². The van der Waals surface area contributed by atoms with Gasteiger partial charge in [0.25, 0.3) is 0 Å². The van der Waals surface area contributed by atoms with Crippen LogP contribution in [0.25, 0.3) is 0 Å². The third-order valence-electron chi connectivity index (χ3n) is 2.94. The highest BCUT2D eigenvalue weighted by atomic mass is 32.1. The van der Waals surface area contributed by atoms with E-state index < -0.39 is 5.97 Å². The maximum atomic E-state index is 10.7. The number of hydrogen-bond donors (Lipinski definition) is 2. The van der Waals surface area contributed by atoms with Crippen LogP contribution in [-0.2, 0) is 6.54 Å². The molecule has 0 spiro atoms. The number of rotatable bonds is 8. The minimum absolute atomic E-state index is 0.393. The molecule has 1 aromatic rings. The molecule has 1 aromatic heterocycles. The fraction of sp³-hybridized carbons (Fsp3) is 0.643. The molecule has 4 heteroatoms. The van der Waals surface area contributed by atoms with Gasteiger partial charge in [-0.25, -0.2) is 4.79 Å². The molecule has 0 radical (unpaired) electrons. The highest BCUT2D eigenvalue weighted by Crippen LogP contribution is 2.15. The maximum absolute atomic E-state index is 10.7. The van der Waals surface area contributed by atoms with Gasteiger partial charge in [-0.1, -0.05) is 26.7 Å². The van der Waals surface area contributed by atoms with Crippen molar-refractivity contribution in [3.63, 3.8) is 0 Å². The number of carboxylic acids is 1. The van der Waals surface area contributed by atoms with Crippen molar-refractivity contribution < 1.29 is 9.90 Å². The lowest BCUT2D eigenvalue weighted by atomic mass is 10.0. The van der Waals surface area contributed by atoms with Crippen molar-refractivity contribution >= 4 is 17.3 Å². The highest BCUT2D eigenvalue weighted by molar-refractivity contribution is 7.10. The van der Waals surface area contributed by atoms with Crippen LogP contribution in [-0.4, -0.2) is 17.1 Å². The molecule has 2 N–H and O–H groups in total. The normalized spacial score (nSPS) is 12.9. The Kier molecular flexibility index (Phi) is 6.36. The summed E-state index contributed by atoms with van der Waals surface area (Å²) in [5, 5.41) is 14.0. The van der Waals surface area contributed by atoms with E-state index in [0.29, 0.717) is 11.6 Å². The Labute approximate surface area is 113 Å². The van der Waals surface area contributed by atoms with Gasteiger partial charge in [0.2, 0.25) is 0 Å². The van der Waals surface area contributed by atoms with Crippen molar-refractivity contribution in [2.75, 3.05) is 0 Å². The molecule has 1 atom stereocenters. The van der Waals surface area contributed by atoms with E-state index in [1.165, 1.54) is 30.6 Å². The molecule has 0 fully saturated rings. The van der Waals surface area contributed by atoms with Gasteiger partial charge >= 0.3 is 5.97 Å². The molecule has 1 heterocycles. The van der Waals surface area contributed by atoms with E-state index >= 15 is 0 Å². The molecular weight excluding hydrogens is 246 g/mol. The molecule has 0 aliphatic rings. The molecule has 0 saturated carbocycles. The minimum Gasteiger partial charge on any atom is -0.478 e. The predicted octanol–water partition coefficient (Wildman–Crippen LogP) is 3.75. The van der Waals surface area contributed by atoms with Crippen LogP contribution >= 0.6 is 11.3 Å². The lowest BCUT2D eigenvalue weighted by molar-refractivity contribution is 0.0697. The van der Waals surface area contributed by atoms with Crippen molar-refractivity contribution in [3.8, 4) is 0 Å². The number of aromatic carboxylic acids is 1. The van der Waals surface area contributed by atoms with E-state index in [0.717, 1.165) is 17.3 Å². The summed E-state index contributed by atoms with van der Waals surface area (Å²) in [6, 6.07) is 2.24. The summed E-state index contributed by atoms with van der Waals surface area (Å²) in [6.45, 7) is 7.45. The topological polar surface area (TPSA) is 49.3 Å². The van der Waals surface area contributed by atoms with Crippen molar-refractivity contribution in [2.24, 2.45) is 5.92 Å². The lowest BCUT2D eigenvalue weighted by Crippen LogP contribution is -2.25. The average Bonchev–Trinajstić information content (AvgIpc) is 2.74. The van der Waals surface area contributed by atoms with Gasteiger partial charge in [0, 0.05) is 22.8 Å². The first-order valence-electron chi connectivity index (χ1n) is 6.53. The quantitative estimate of drug-likeness (QED) is 0.755. The molecule has 0 aliphatic carbocycles. The Morgan fingerprint density at radius 1 is 1.39 bits per heavy atom. The summed E-state index contributed by atoms with van der Waals surface area (Å²) in [7, 11) is 0. The van der Waals surface area contributed by atoms with Gasteiger partial charge in [-0.05, 0) is 25.3 Å². The minimum atomic E-state index is -0.845. The second-order valence-corrected chi connectivity index (χ2v) is 6.21. The number of carboxylic acid groups (broad SMARTS) is 1. The summed E-state index contributed by atoms with van der Waals surface area (Å²) in [6.07, 6.45) is 3.69. The van der Waals surface area contributed by atoms with E-state index in [1.807, 2.05) is 0 Å². The van der Waals surface area contributed by atoms with E-state index in [-0.39, 0.29) is 0 Å². The summed E-state index contributed by atoms with van der Waals surface area (Å²) in [5.41, 5.74) is 0.393. The Bertz CT molecular complexity index is 374.